The lowest BCUT2D eigenvalue weighted by atomic mass is 10.3. The van der Waals surface area contributed by atoms with Crippen molar-refractivity contribution in [2.45, 2.75) is 16.1 Å². The fourth-order valence-corrected chi connectivity index (χ4v) is 2.37. The van der Waals surface area contributed by atoms with Crippen LogP contribution in [0.4, 0.5) is 19.0 Å². The van der Waals surface area contributed by atoms with Gasteiger partial charge in [0.1, 0.15) is 16.6 Å². The van der Waals surface area contributed by atoms with Gasteiger partial charge in [0.25, 0.3) is 0 Å². The molecule has 0 bridgehead atoms. The van der Waals surface area contributed by atoms with Crippen LogP contribution >= 0.6 is 11.8 Å². The van der Waals surface area contributed by atoms with E-state index >= 15 is 0 Å². The molecule has 2 N–H and O–H groups in total. The van der Waals surface area contributed by atoms with E-state index in [1.165, 1.54) is 13.2 Å². The molecule has 0 amide bonds. The Morgan fingerprint density at radius 3 is 2.55 bits per heavy atom. The van der Waals surface area contributed by atoms with Crippen molar-refractivity contribution in [3.05, 3.63) is 36.2 Å². The van der Waals surface area contributed by atoms with Crippen molar-refractivity contribution in [1.29, 1.82) is 0 Å². The molecule has 0 saturated carbocycles. The first-order chi connectivity index (χ1) is 9.40. The van der Waals surface area contributed by atoms with Gasteiger partial charge in [0, 0.05) is 6.07 Å². The zero-order valence-corrected chi connectivity index (χ0v) is 11.1. The summed E-state index contributed by atoms with van der Waals surface area (Å²) in [4.78, 5) is 7.29. The molecule has 8 heteroatoms. The van der Waals surface area contributed by atoms with E-state index in [0.717, 1.165) is 11.8 Å². The first-order valence-electron chi connectivity index (χ1n) is 5.43. The molecule has 0 fully saturated rings. The van der Waals surface area contributed by atoms with E-state index in [0.29, 0.717) is 10.6 Å². The van der Waals surface area contributed by atoms with Crippen molar-refractivity contribution in [3.8, 4) is 5.75 Å². The number of rotatable bonds is 3. The molecular formula is C12H10F3N3OS. The number of anilines is 1. The summed E-state index contributed by atoms with van der Waals surface area (Å²) in [5.74, 6) is -0.942. The molecule has 1 heterocycles. The van der Waals surface area contributed by atoms with Crippen LogP contribution in [0.15, 0.2) is 40.3 Å². The van der Waals surface area contributed by atoms with Crippen LogP contribution in [0, 0.1) is 0 Å². The molecule has 0 unspecified atom stereocenters. The molecule has 1 aromatic heterocycles. The molecule has 106 valence electrons. The van der Waals surface area contributed by atoms with Gasteiger partial charge in [-0.3, -0.25) is 0 Å². The van der Waals surface area contributed by atoms with E-state index in [9.17, 15) is 13.2 Å². The Balaban J connectivity index is 2.36. The number of nitrogen functional groups attached to an aromatic ring is 1. The normalized spacial score (nSPS) is 11.4. The van der Waals surface area contributed by atoms with Gasteiger partial charge in [-0.2, -0.15) is 13.2 Å². The number of hydrogen-bond donors (Lipinski definition) is 1. The molecule has 2 rings (SSSR count). The van der Waals surface area contributed by atoms with E-state index in [-0.39, 0.29) is 10.8 Å². The van der Waals surface area contributed by atoms with Crippen LogP contribution in [-0.4, -0.2) is 17.1 Å². The molecule has 4 nitrogen and oxygen atoms in total. The monoisotopic (exact) mass is 301 g/mol. The lowest BCUT2D eigenvalue weighted by molar-refractivity contribution is -0.145. The van der Waals surface area contributed by atoms with Gasteiger partial charge in [0.15, 0.2) is 0 Å². The first-order valence-corrected chi connectivity index (χ1v) is 6.24. The lowest BCUT2D eigenvalue weighted by Crippen LogP contribution is -2.12. The summed E-state index contributed by atoms with van der Waals surface area (Å²) in [6.07, 6.45) is -4.63. The Kier molecular flexibility index (Phi) is 4.03. The Morgan fingerprint density at radius 2 is 1.90 bits per heavy atom. The van der Waals surface area contributed by atoms with Crippen LogP contribution in [-0.2, 0) is 6.18 Å². The third kappa shape index (κ3) is 3.32. The maximum atomic E-state index is 12.6. The third-order valence-corrected chi connectivity index (χ3v) is 3.24. The van der Waals surface area contributed by atoms with Crippen molar-refractivity contribution < 1.29 is 17.9 Å². The van der Waals surface area contributed by atoms with E-state index in [1.807, 2.05) is 0 Å². The second kappa shape index (κ2) is 5.58. The van der Waals surface area contributed by atoms with E-state index in [2.05, 4.69) is 9.97 Å². The highest BCUT2D eigenvalue weighted by Crippen LogP contribution is 2.35. The molecule has 0 aliphatic carbocycles. The Bertz CT molecular complexity index is 619. The summed E-state index contributed by atoms with van der Waals surface area (Å²) in [6, 6.07) is 8.22. The number of alkyl halides is 3. The highest BCUT2D eigenvalue weighted by molar-refractivity contribution is 7.99. The topological polar surface area (TPSA) is 61.0 Å². The SMILES string of the molecule is COc1ccccc1Sc1cc(N)nc(C(F)(F)F)n1. The average Bonchev–Trinajstić information content (AvgIpc) is 2.37. The van der Waals surface area contributed by atoms with Gasteiger partial charge in [0.2, 0.25) is 5.82 Å². The summed E-state index contributed by atoms with van der Waals surface area (Å²) in [6.45, 7) is 0. The Labute approximate surface area is 117 Å². The van der Waals surface area contributed by atoms with Gasteiger partial charge in [-0.15, -0.1) is 0 Å². The summed E-state index contributed by atoms with van der Waals surface area (Å²) in [5, 5.41) is 0.106. The second-order valence-electron chi connectivity index (χ2n) is 3.71. The van der Waals surface area contributed by atoms with Gasteiger partial charge in [-0.05, 0) is 12.1 Å². The predicted octanol–water partition coefficient (Wildman–Crippen LogP) is 3.24. The summed E-state index contributed by atoms with van der Waals surface area (Å²) < 4.78 is 43.0. The number of para-hydroxylation sites is 1. The molecule has 20 heavy (non-hydrogen) atoms. The zero-order valence-electron chi connectivity index (χ0n) is 10.3. The molecular weight excluding hydrogens is 291 g/mol. The van der Waals surface area contributed by atoms with Gasteiger partial charge in [-0.25, -0.2) is 9.97 Å². The second-order valence-corrected chi connectivity index (χ2v) is 4.77. The summed E-state index contributed by atoms with van der Waals surface area (Å²) >= 11 is 1.03. The number of aromatic nitrogens is 2. The first kappa shape index (κ1) is 14.4. The largest absolute Gasteiger partial charge is 0.496 e. The molecule has 0 spiro atoms. The van der Waals surface area contributed by atoms with Crippen LogP contribution in [0.3, 0.4) is 0 Å². The van der Waals surface area contributed by atoms with Gasteiger partial charge in [-0.1, -0.05) is 23.9 Å². The molecule has 1 aromatic carbocycles. The van der Waals surface area contributed by atoms with Crippen molar-refractivity contribution in [2.24, 2.45) is 0 Å². The number of nitrogens with two attached hydrogens (primary N) is 1. The molecule has 2 aromatic rings. The van der Waals surface area contributed by atoms with Crippen LogP contribution in [0.1, 0.15) is 5.82 Å². The minimum Gasteiger partial charge on any atom is -0.496 e. The molecule has 0 aliphatic heterocycles. The number of nitrogens with zero attached hydrogens (tertiary/aromatic N) is 2. The smallest absolute Gasteiger partial charge is 0.451 e. The molecule has 0 atom stereocenters. The maximum absolute atomic E-state index is 12.6. The quantitative estimate of drug-likeness (QED) is 0.882. The highest BCUT2D eigenvalue weighted by Gasteiger charge is 2.35. The molecule has 0 saturated heterocycles. The minimum atomic E-state index is -4.63. The number of hydrogen-bond acceptors (Lipinski definition) is 5. The summed E-state index contributed by atoms with van der Waals surface area (Å²) in [7, 11) is 1.48. The van der Waals surface area contributed by atoms with Gasteiger partial charge in [0.05, 0.1) is 12.0 Å². The van der Waals surface area contributed by atoms with Crippen LogP contribution < -0.4 is 10.5 Å². The van der Waals surface area contributed by atoms with Crippen LogP contribution in [0.5, 0.6) is 5.75 Å². The highest BCUT2D eigenvalue weighted by atomic mass is 32.2. The number of methoxy groups -OCH3 is 1. The molecule has 0 radical (unpaired) electrons. The number of halogens is 3. The summed E-state index contributed by atoms with van der Waals surface area (Å²) in [5.41, 5.74) is 5.38. The number of benzene rings is 1. The fourth-order valence-electron chi connectivity index (χ4n) is 1.44. The minimum absolute atomic E-state index is 0.106. The van der Waals surface area contributed by atoms with Crippen LogP contribution in [0.25, 0.3) is 0 Å². The lowest BCUT2D eigenvalue weighted by Gasteiger charge is -2.10. The number of ether oxygens (including phenoxy) is 1. The Hall–Kier alpha value is -1.96. The molecule has 0 aliphatic rings. The third-order valence-electron chi connectivity index (χ3n) is 2.26. The average molecular weight is 301 g/mol. The van der Waals surface area contributed by atoms with Crippen LogP contribution in [0.2, 0.25) is 0 Å². The van der Waals surface area contributed by atoms with Crippen molar-refractivity contribution in [2.75, 3.05) is 12.8 Å². The van der Waals surface area contributed by atoms with E-state index < -0.39 is 12.0 Å². The standard InChI is InChI=1S/C12H10F3N3OS/c1-19-7-4-2-3-5-8(7)20-10-6-9(16)17-11(18-10)12(13,14)15/h2-6H,1H3,(H2,16,17,18). The maximum Gasteiger partial charge on any atom is 0.451 e. The van der Waals surface area contributed by atoms with Gasteiger partial charge < -0.3 is 10.5 Å². The Morgan fingerprint density at radius 1 is 1.20 bits per heavy atom. The zero-order chi connectivity index (χ0) is 14.8. The van der Waals surface area contributed by atoms with Gasteiger partial charge >= 0.3 is 6.18 Å². The van der Waals surface area contributed by atoms with Crippen molar-refractivity contribution in [3.63, 3.8) is 0 Å². The fraction of sp³-hybridized carbons (Fsp3) is 0.167. The van der Waals surface area contributed by atoms with E-state index in [4.69, 9.17) is 10.5 Å². The predicted molar refractivity (Wildman–Crippen MR) is 68.6 cm³/mol. The van der Waals surface area contributed by atoms with E-state index in [1.54, 1.807) is 24.3 Å². The van der Waals surface area contributed by atoms with Crippen molar-refractivity contribution in [1.82, 2.24) is 9.97 Å². The van der Waals surface area contributed by atoms with Crippen molar-refractivity contribution >= 4 is 17.6 Å².